The van der Waals surface area contributed by atoms with E-state index in [-0.39, 0.29) is 12.6 Å². The molecule has 0 aromatic heterocycles. The summed E-state index contributed by atoms with van der Waals surface area (Å²) in [5.41, 5.74) is 5.08. The SMILES string of the molecule is B[C@@H]1O[C@](CCCN)(CO[PH](=O)O)[C@H](C)C1C. The van der Waals surface area contributed by atoms with E-state index in [9.17, 15) is 4.57 Å². The van der Waals surface area contributed by atoms with E-state index in [1.165, 1.54) is 0 Å². The van der Waals surface area contributed by atoms with Crippen LogP contribution in [0.2, 0.25) is 0 Å². The van der Waals surface area contributed by atoms with Crippen molar-refractivity contribution in [3.63, 3.8) is 0 Å². The predicted molar refractivity (Wildman–Crippen MR) is 69.9 cm³/mol. The van der Waals surface area contributed by atoms with Gasteiger partial charge < -0.3 is 19.9 Å². The Bertz CT molecular complexity index is 281. The minimum Gasteiger partial charge on any atom is -0.378 e. The number of ether oxygens (including phenoxy) is 1. The molecule has 0 spiro atoms. The van der Waals surface area contributed by atoms with Crippen LogP contribution in [-0.4, -0.2) is 37.5 Å². The average molecular weight is 263 g/mol. The first-order valence-electron chi connectivity index (χ1n) is 6.16. The lowest BCUT2D eigenvalue weighted by Gasteiger charge is -2.33. The average Bonchev–Trinajstić information content (AvgIpc) is 2.49. The third kappa shape index (κ3) is 3.55. The zero-order chi connectivity index (χ0) is 13.1. The quantitative estimate of drug-likeness (QED) is 0.525. The lowest BCUT2D eigenvalue weighted by atomic mass is 9.76. The Morgan fingerprint density at radius 3 is 2.65 bits per heavy atom. The molecule has 0 aromatic carbocycles. The van der Waals surface area contributed by atoms with Gasteiger partial charge >= 0.3 is 8.25 Å². The van der Waals surface area contributed by atoms with Crippen LogP contribution in [0.25, 0.3) is 0 Å². The molecule has 1 aliphatic heterocycles. The summed E-state index contributed by atoms with van der Waals surface area (Å²) in [5, 5.41) is 0. The van der Waals surface area contributed by atoms with Crippen molar-refractivity contribution < 1.29 is 18.7 Å². The summed E-state index contributed by atoms with van der Waals surface area (Å²) in [6.45, 7) is 5.02. The Hall–Kier alpha value is 0.135. The molecule has 0 aromatic rings. The van der Waals surface area contributed by atoms with Gasteiger partial charge in [-0.05, 0) is 31.2 Å². The molecular weight excluding hydrogens is 240 g/mol. The summed E-state index contributed by atoms with van der Waals surface area (Å²) in [6, 6.07) is 0.146. The van der Waals surface area contributed by atoms with E-state index in [1.54, 1.807) is 0 Å². The van der Waals surface area contributed by atoms with Gasteiger partial charge in [0.25, 0.3) is 0 Å². The van der Waals surface area contributed by atoms with Gasteiger partial charge in [-0.15, -0.1) is 0 Å². The molecule has 0 aliphatic carbocycles. The zero-order valence-corrected chi connectivity index (χ0v) is 11.8. The smallest absolute Gasteiger partial charge is 0.316 e. The van der Waals surface area contributed by atoms with Crippen molar-refractivity contribution >= 4 is 16.1 Å². The molecule has 1 fully saturated rings. The fourth-order valence-electron chi connectivity index (χ4n) is 2.58. The van der Waals surface area contributed by atoms with E-state index in [2.05, 4.69) is 13.8 Å². The van der Waals surface area contributed by atoms with Gasteiger partial charge in [0.15, 0.2) is 0 Å². The normalized spacial score (nSPS) is 39.4. The fraction of sp³-hybridized carbons (Fsp3) is 1.00. The third-order valence-corrected chi connectivity index (χ3v) is 4.41. The summed E-state index contributed by atoms with van der Waals surface area (Å²) >= 11 is 0. The maximum atomic E-state index is 10.7. The van der Waals surface area contributed by atoms with E-state index in [0.29, 0.717) is 18.4 Å². The molecule has 1 aliphatic rings. The molecule has 100 valence electrons. The van der Waals surface area contributed by atoms with Crippen molar-refractivity contribution in [2.75, 3.05) is 13.2 Å². The highest BCUT2D eigenvalue weighted by Crippen LogP contribution is 2.43. The molecule has 5 atom stereocenters. The summed E-state index contributed by atoms with van der Waals surface area (Å²) in [7, 11) is -0.868. The first-order chi connectivity index (χ1) is 7.93. The molecule has 5 nitrogen and oxygen atoms in total. The van der Waals surface area contributed by atoms with Gasteiger partial charge in [0, 0.05) is 6.00 Å². The van der Waals surface area contributed by atoms with E-state index in [0.717, 1.165) is 12.8 Å². The topological polar surface area (TPSA) is 81.8 Å². The van der Waals surface area contributed by atoms with Gasteiger partial charge in [0.05, 0.1) is 12.2 Å². The van der Waals surface area contributed by atoms with Crippen molar-refractivity contribution in [1.82, 2.24) is 0 Å². The molecule has 2 unspecified atom stereocenters. The second-order valence-corrected chi connectivity index (χ2v) is 5.80. The summed E-state index contributed by atoms with van der Waals surface area (Å²) < 4.78 is 21.7. The highest BCUT2D eigenvalue weighted by molar-refractivity contribution is 7.32. The maximum Gasteiger partial charge on any atom is 0.316 e. The standard InChI is InChI=1S/C10H23BNO4P/c1-7-8(2)10(4-3-5-12,16-9(7)11)6-15-17(13)14/h7-9,17H,3-6,11-12H2,1-2H3,(H,13,14)/t7?,8-,9-,10-/m1/s1. The molecule has 1 saturated heterocycles. The Morgan fingerprint density at radius 1 is 1.59 bits per heavy atom. The lowest BCUT2D eigenvalue weighted by molar-refractivity contribution is -0.0684. The molecule has 7 heteroatoms. The number of hydrogen-bond donors (Lipinski definition) is 2. The molecule has 17 heavy (non-hydrogen) atoms. The van der Waals surface area contributed by atoms with Crippen LogP contribution in [-0.2, 0) is 13.8 Å². The van der Waals surface area contributed by atoms with Crippen LogP contribution in [0.5, 0.6) is 0 Å². The maximum absolute atomic E-state index is 10.7. The highest BCUT2D eigenvalue weighted by Gasteiger charge is 2.48. The molecule has 0 saturated carbocycles. The zero-order valence-electron chi connectivity index (χ0n) is 10.8. The van der Waals surface area contributed by atoms with Crippen LogP contribution in [0.3, 0.4) is 0 Å². The molecule has 3 N–H and O–H groups in total. The van der Waals surface area contributed by atoms with Crippen molar-refractivity contribution in [2.24, 2.45) is 17.6 Å². The monoisotopic (exact) mass is 263 g/mol. The predicted octanol–water partition coefficient (Wildman–Crippen LogP) is 0.124. The second kappa shape index (κ2) is 6.35. The Kier molecular flexibility index (Phi) is 5.67. The van der Waals surface area contributed by atoms with Crippen LogP contribution in [0.1, 0.15) is 26.7 Å². The lowest BCUT2D eigenvalue weighted by Crippen LogP contribution is -2.40. The van der Waals surface area contributed by atoms with Crippen LogP contribution < -0.4 is 5.73 Å². The molecular formula is C10H23BNO4P. The van der Waals surface area contributed by atoms with Gasteiger partial charge in [-0.2, -0.15) is 0 Å². The second-order valence-electron chi connectivity index (χ2n) is 4.98. The van der Waals surface area contributed by atoms with E-state index < -0.39 is 13.9 Å². The van der Waals surface area contributed by atoms with Crippen LogP contribution in [0, 0.1) is 11.8 Å². The molecule has 1 heterocycles. The van der Waals surface area contributed by atoms with Gasteiger partial charge in [-0.25, -0.2) is 0 Å². The van der Waals surface area contributed by atoms with E-state index in [4.69, 9.17) is 19.9 Å². The van der Waals surface area contributed by atoms with Gasteiger partial charge in [0.1, 0.15) is 7.85 Å². The summed E-state index contributed by atoms with van der Waals surface area (Å²) in [5.74, 6) is 0.711. The minimum absolute atomic E-state index is 0.146. The molecule has 0 bridgehead atoms. The van der Waals surface area contributed by atoms with Crippen molar-refractivity contribution in [3.8, 4) is 0 Å². The fourth-order valence-corrected chi connectivity index (χ4v) is 2.95. The number of nitrogens with two attached hydrogens (primary N) is 1. The Morgan fingerprint density at radius 2 is 2.24 bits per heavy atom. The highest BCUT2D eigenvalue weighted by atomic mass is 31.1. The van der Waals surface area contributed by atoms with Crippen LogP contribution in [0.15, 0.2) is 0 Å². The van der Waals surface area contributed by atoms with Gasteiger partial charge in [-0.3, -0.25) is 4.57 Å². The first kappa shape index (κ1) is 15.2. The number of hydrogen-bond acceptors (Lipinski definition) is 4. The largest absolute Gasteiger partial charge is 0.378 e. The molecule has 1 rings (SSSR count). The molecule has 0 radical (unpaired) electrons. The van der Waals surface area contributed by atoms with Crippen LogP contribution >= 0.6 is 8.25 Å². The summed E-state index contributed by atoms with van der Waals surface area (Å²) in [4.78, 5) is 8.81. The summed E-state index contributed by atoms with van der Waals surface area (Å²) in [6.07, 6.45) is 1.61. The van der Waals surface area contributed by atoms with Crippen molar-refractivity contribution in [3.05, 3.63) is 0 Å². The van der Waals surface area contributed by atoms with E-state index >= 15 is 0 Å². The Labute approximate surface area is 104 Å². The van der Waals surface area contributed by atoms with Crippen molar-refractivity contribution in [1.29, 1.82) is 0 Å². The third-order valence-electron chi connectivity index (χ3n) is 4.02. The minimum atomic E-state index is -2.90. The first-order valence-corrected chi connectivity index (χ1v) is 7.43. The van der Waals surface area contributed by atoms with Crippen LogP contribution in [0.4, 0.5) is 0 Å². The molecule has 0 amide bonds. The van der Waals surface area contributed by atoms with Crippen molar-refractivity contribution in [2.45, 2.75) is 38.3 Å². The Balaban J connectivity index is 2.75. The van der Waals surface area contributed by atoms with E-state index in [1.807, 2.05) is 7.85 Å². The van der Waals surface area contributed by atoms with Gasteiger partial charge in [-0.1, -0.05) is 13.8 Å². The number of rotatable bonds is 6. The van der Waals surface area contributed by atoms with Gasteiger partial charge in [0.2, 0.25) is 0 Å².